The van der Waals surface area contributed by atoms with E-state index in [0.717, 1.165) is 49.3 Å². The molecule has 3 heterocycles. The minimum absolute atomic E-state index is 0.160. The predicted molar refractivity (Wildman–Crippen MR) is 131 cm³/mol. The Morgan fingerprint density at radius 3 is 2.49 bits per heavy atom. The molecule has 1 fully saturated rings. The number of hydrogen-bond donors (Lipinski definition) is 0. The second kappa shape index (κ2) is 9.40. The predicted octanol–water partition coefficient (Wildman–Crippen LogP) is 4.85. The van der Waals surface area contributed by atoms with Crippen molar-refractivity contribution in [3.8, 4) is 0 Å². The number of benzene rings is 2. The van der Waals surface area contributed by atoms with Crippen LogP contribution in [0, 0.1) is 5.82 Å². The van der Waals surface area contributed by atoms with E-state index in [4.69, 9.17) is 16.3 Å². The van der Waals surface area contributed by atoms with Gasteiger partial charge in [0.15, 0.2) is 0 Å². The van der Waals surface area contributed by atoms with Crippen LogP contribution in [0.5, 0.6) is 0 Å². The Morgan fingerprint density at radius 1 is 1.06 bits per heavy atom. The molecule has 0 saturated carbocycles. The number of carbonyl (C=O) groups excluding carboxylic acids is 2. The van der Waals surface area contributed by atoms with Crippen LogP contribution in [0.15, 0.2) is 60.8 Å². The van der Waals surface area contributed by atoms with Gasteiger partial charge in [0.2, 0.25) is 0 Å². The van der Waals surface area contributed by atoms with Crippen LogP contribution in [0.1, 0.15) is 44.7 Å². The summed E-state index contributed by atoms with van der Waals surface area (Å²) in [5.41, 5.74) is 3.46. The van der Waals surface area contributed by atoms with Crippen LogP contribution in [-0.2, 0) is 16.7 Å². The number of pyridine rings is 1. The molecule has 2 aromatic carbocycles. The molecule has 5 rings (SSSR count). The van der Waals surface area contributed by atoms with Gasteiger partial charge in [0, 0.05) is 36.0 Å². The van der Waals surface area contributed by atoms with Gasteiger partial charge in [-0.2, -0.15) is 0 Å². The highest BCUT2D eigenvalue weighted by atomic mass is 35.5. The van der Waals surface area contributed by atoms with Crippen LogP contribution >= 0.6 is 11.6 Å². The number of fused-ring (bicyclic) bond motifs is 2. The zero-order valence-electron chi connectivity index (χ0n) is 19.3. The molecule has 0 radical (unpaired) electrons. The number of nitrogens with zero attached hydrogens (tertiary/aromatic N) is 3. The number of amides is 1. The van der Waals surface area contributed by atoms with Crippen molar-refractivity contribution >= 4 is 29.2 Å². The quantitative estimate of drug-likeness (QED) is 0.384. The van der Waals surface area contributed by atoms with Gasteiger partial charge < -0.3 is 9.64 Å². The van der Waals surface area contributed by atoms with Gasteiger partial charge in [-0.3, -0.25) is 9.69 Å². The van der Waals surface area contributed by atoms with Crippen molar-refractivity contribution in [2.75, 3.05) is 31.6 Å². The number of esters is 1. The number of hydrogen-bond acceptors (Lipinski definition) is 5. The molecular formula is C27H25ClFN3O3. The minimum Gasteiger partial charge on any atom is -0.465 e. The van der Waals surface area contributed by atoms with Crippen LogP contribution < -0.4 is 4.90 Å². The van der Waals surface area contributed by atoms with Crippen LogP contribution in [-0.4, -0.2) is 48.5 Å². The molecule has 0 aliphatic carbocycles. The summed E-state index contributed by atoms with van der Waals surface area (Å²) in [6.07, 6.45) is 3.14. The first-order valence-electron chi connectivity index (χ1n) is 11.5. The van der Waals surface area contributed by atoms with E-state index in [-0.39, 0.29) is 28.3 Å². The lowest BCUT2D eigenvalue weighted by molar-refractivity contribution is 0.0600. The summed E-state index contributed by atoms with van der Waals surface area (Å²) in [4.78, 5) is 33.1. The van der Waals surface area contributed by atoms with Gasteiger partial charge in [0.1, 0.15) is 11.0 Å². The third-order valence-electron chi connectivity index (χ3n) is 7.09. The summed E-state index contributed by atoms with van der Waals surface area (Å²) in [5.74, 6) is -0.804. The van der Waals surface area contributed by atoms with Gasteiger partial charge in [-0.15, -0.1) is 0 Å². The molecular weight excluding hydrogens is 469 g/mol. The molecule has 2 aliphatic rings. The second-order valence-corrected chi connectivity index (χ2v) is 9.55. The number of methoxy groups -OCH3 is 1. The van der Waals surface area contributed by atoms with Gasteiger partial charge in [-0.25, -0.2) is 14.2 Å². The highest BCUT2D eigenvalue weighted by Gasteiger charge is 2.46. The minimum atomic E-state index is -0.350. The molecule has 180 valence electrons. The average molecular weight is 494 g/mol. The van der Waals surface area contributed by atoms with E-state index in [1.54, 1.807) is 41.3 Å². The summed E-state index contributed by atoms with van der Waals surface area (Å²) in [7, 11) is 1.37. The van der Waals surface area contributed by atoms with Gasteiger partial charge in [0.05, 0.1) is 12.7 Å². The summed E-state index contributed by atoms with van der Waals surface area (Å²) in [6.45, 7) is 2.90. The van der Waals surface area contributed by atoms with Crippen molar-refractivity contribution in [1.82, 2.24) is 9.88 Å². The molecule has 6 nitrogen and oxygen atoms in total. The Balaban J connectivity index is 1.33. The van der Waals surface area contributed by atoms with E-state index in [1.807, 2.05) is 12.1 Å². The van der Waals surface area contributed by atoms with Crippen molar-refractivity contribution in [2.45, 2.75) is 24.8 Å². The SMILES string of the molecule is COC(=O)c1ccc(CN2CCC3(CC2)CN(C(=O)c2ccnc(Cl)c2)c2ccc(F)cc23)cc1. The first-order chi connectivity index (χ1) is 16.9. The summed E-state index contributed by atoms with van der Waals surface area (Å²) in [6, 6.07) is 15.3. The first kappa shape index (κ1) is 23.5. The number of carbonyl (C=O) groups is 2. The molecule has 3 aromatic rings. The molecule has 1 saturated heterocycles. The Kier molecular flexibility index (Phi) is 6.30. The van der Waals surface area contributed by atoms with E-state index >= 15 is 0 Å². The topological polar surface area (TPSA) is 62.7 Å². The standard InChI is InChI=1S/C27H25ClFN3O3/c1-35-26(34)19-4-2-18(3-5-19)16-31-12-9-27(10-13-31)17-32(23-7-6-21(29)15-22(23)27)25(33)20-8-11-30-24(28)14-20/h2-8,11,14-15H,9-10,12-13,16-17H2,1H3. The van der Waals surface area contributed by atoms with E-state index in [1.165, 1.54) is 19.4 Å². The third kappa shape index (κ3) is 4.54. The van der Waals surface area contributed by atoms with Crippen molar-refractivity contribution in [3.63, 3.8) is 0 Å². The molecule has 1 aromatic heterocycles. The number of rotatable bonds is 4. The van der Waals surface area contributed by atoms with E-state index in [9.17, 15) is 14.0 Å². The fourth-order valence-corrected chi connectivity index (χ4v) is 5.38. The fraction of sp³-hybridized carbons (Fsp3) is 0.296. The zero-order valence-corrected chi connectivity index (χ0v) is 20.1. The maximum absolute atomic E-state index is 14.3. The second-order valence-electron chi connectivity index (χ2n) is 9.16. The van der Waals surface area contributed by atoms with Crippen LogP contribution in [0.2, 0.25) is 5.15 Å². The number of likely N-dealkylation sites (tertiary alicyclic amines) is 1. The maximum atomic E-state index is 14.3. The molecule has 1 spiro atoms. The number of halogens is 2. The molecule has 0 atom stereocenters. The zero-order chi connectivity index (χ0) is 24.6. The summed E-state index contributed by atoms with van der Waals surface area (Å²) in [5, 5.41) is 0.261. The third-order valence-corrected chi connectivity index (χ3v) is 7.30. The van der Waals surface area contributed by atoms with E-state index in [0.29, 0.717) is 17.7 Å². The monoisotopic (exact) mass is 493 g/mol. The van der Waals surface area contributed by atoms with Crippen LogP contribution in [0.25, 0.3) is 0 Å². The van der Waals surface area contributed by atoms with Gasteiger partial charge in [-0.1, -0.05) is 23.7 Å². The molecule has 0 unspecified atom stereocenters. The highest BCUT2D eigenvalue weighted by molar-refractivity contribution is 6.29. The van der Waals surface area contributed by atoms with Gasteiger partial charge in [-0.05, 0) is 79.5 Å². The molecule has 0 bridgehead atoms. The summed E-state index contributed by atoms with van der Waals surface area (Å²) >= 11 is 6.01. The molecule has 2 aliphatic heterocycles. The van der Waals surface area contributed by atoms with Gasteiger partial charge >= 0.3 is 5.97 Å². The lowest BCUT2D eigenvalue weighted by atomic mass is 9.74. The number of piperidine rings is 1. The highest BCUT2D eigenvalue weighted by Crippen LogP contribution is 2.48. The van der Waals surface area contributed by atoms with Crippen molar-refractivity contribution in [2.24, 2.45) is 0 Å². The lowest BCUT2D eigenvalue weighted by Gasteiger charge is -2.40. The largest absolute Gasteiger partial charge is 0.465 e. The number of anilines is 1. The smallest absolute Gasteiger partial charge is 0.337 e. The number of ether oxygens (including phenoxy) is 1. The van der Waals surface area contributed by atoms with Gasteiger partial charge in [0.25, 0.3) is 5.91 Å². The van der Waals surface area contributed by atoms with E-state index in [2.05, 4.69) is 9.88 Å². The van der Waals surface area contributed by atoms with Crippen LogP contribution in [0.3, 0.4) is 0 Å². The molecule has 0 N–H and O–H groups in total. The normalized spacial score (nSPS) is 16.8. The Bertz CT molecular complexity index is 1270. The Morgan fingerprint density at radius 2 is 1.80 bits per heavy atom. The Labute approximate surface area is 208 Å². The molecule has 8 heteroatoms. The molecule has 1 amide bonds. The van der Waals surface area contributed by atoms with Crippen LogP contribution in [0.4, 0.5) is 10.1 Å². The average Bonchev–Trinajstić information content (AvgIpc) is 3.18. The van der Waals surface area contributed by atoms with E-state index < -0.39 is 0 Å². The van der Waals surface area contributed by atoms with Crippen molar-refractivity contribution in [1.29, 1.82) is 0 Å². The summed E-state index contributed by atoms with van der Waals surface area (Å²) < 4.78 is 19.1. The maximum Gasteiger partial charge on any atom is 0.337 e. The molecule has 35 heavy (non-hydrogen) atoms. The first-order valence-corrected chi connectivity index (χ1v) is 11.9. The fourth-order valence-electron chi connectivity index (χ4n) is 5.20. The lowest BCUT2D eigenvalue weighted by Crippen LogP contribution is -2.45. The van der Waals surface area contributed by atoms with Crippen molar-refractivity contribution < 1.29 is 18.7 Å². The van der Waals surface area contributed by atoms with Crippen molar-refractivity contribution in [3.05, 3.63) is 94.0 Å². The number of aromatic nitrogens is 1. The Hall–Kier alpha value is -3.29.